The van der Waals surface area contributed by atoms with Crippen molar-refractivity contribution in [1.29, 1.82) is 0 Å². The van der Waals surface area contributed by atoms with Gasteiger partial charge in [0.25, 0.3) is 5.91 Å². The molecule has 3 aliphatic rings. The van der Waals surface area contributed by atoms with Crippen molar-refractivity contribution in [3.8, 4) is 11.5 Å². The van der Waals surface area contributed by atoms with Gasteiger partial charge in [-0.2, -0.15) is 0 Å². The smallest absolute Gasteiger partial charge is 0.410 e. The van der Waals surface area contributed by atoms with Crippen LogP contribution in [0, 0.1) is 11.8 Å². The Morgan fingerprint density at radius 1 is 0.978 bits per heavy atom. The third kappa shape index (κ3) is 8.30. The first-order chi connectivity index (χ1) is 22.3. The molecule has 2 saturated heterocycles. The maximum absolute atomic E-state index is 13.9. The molecule has 3 atom stereocenters. The fourth-order valence-corrected chi connectivity index (χ4v) is 6.30. The number of amides is 3. The first-order valence-electron chi connectivity index (χ1n) is 16.4. The topological polar surface area (TPSA) is 110 Å². The largest absolute Gasteiger partial charge is 0.493 e. The van der Waals surface area contributed by atoms with Gasteiger partial charge in [0.15, 0.2) is 11.5 Å². The van der Waals surface area contributed by atoms with E-state index in [0.29, 0.717) is 49.9 Å². The van der Waals surface area contributed by atoms with Crippen LogP contribution >= 0.6 is 0 Å². The minimum atomic E-state index is -0.480. The summed E-state index contributed by atoms with van der Waals surface area (Å²) in [6, 6.07) is 14.9. The predicted molar refractivity (Wildman–Crippen MR) is 174 cm³/mol. The molecule has 2 aliphatic heterocycles. The van der Waals surface area contributed by atoms with E-state index in [9.17, 15) is 14.4 Å². The fourth-order valence-electron chi connectivity index (χ4n) is 6.30. The van der Waals surface area contributed by atoms with Gasteiger partial charge >= 0.3 is 6.09 Å². The molecule has 1 saturated carbocycles. The second-order valence-corrected chi connectivity index (χ2v) is 12.7. The summed E-state index contributed by atoms with van der Waals surface area (Å²) < 4.78 is 22.5. The van der Waals surface area contributed by atoms with Gasteiger partial charge in [-0.1, -0.05) is 18.2 Å². The molecule has 46 heavy (non-hydrogen) atoms. The average molecular weight is 637 g/mol. The maximum Gasteiger partial charge on any atom is 0.410 e. The highest BCUT2D eigenvalue weighted by Crippen LogP contribution is 2.33. The lowest BCUT2D eigenvalue weighted by atomic mass is 9.94. The van der Waals surface area contributed by atoms with Crippen LogP contribution in [-0.4, -0.2) is 106 Å². The van der Waals surface area contributed by atoms with Crippen LogP contribution in [0.25, 0.3) is 0 Å². The van der Waals surface area contributed by atoms with Crippen molar-refractivity contribution in [2.45, 2.75) is 57.7 Å². The summed E-state index contributed by atoms with van der Waals surface area (Å²) in [6.45, 7) is 8.06. The molecular formula is C35H48N4O7. The van der Waals surface area contributed by atoms with Gasteiger partial charge in [0, 0.05) is 69.7 Å². The molecular weight excluding hydrogens is 588 g/mol. The van der Waals surface area contributed by atoms with E-state index in [2.05, 4.69) is 5.32 Å². The minimum absolute atomic E-state index is 0.0288. The van der Waals surface area contributed by atoms with Crippen LogP contribution in [0.15, 0.2) is 48.5 Å². The number of methoxy groups -OCH3 is 2. The number of benzene rings is 2. The Hall–Kier alpha value is -3.83. The third-order valence-corrected chi connectivity index (χ3v) is 9.03. The molecule has 1 N–H and O–H groups in total. The second kappa shape index (κ2) is 15.6. The summed E-state index contributed by atoms with van der Waals surface area (Å²) in [5.41, 5.74) is 1.35. The molecule has 2 aromatic carbocycles. The van der Waals surface area contributed by atoms with Gasteiger partial charge in [-0.15, -0.1) is 0 Å². The Balaban J connectivity index is 1.21. The molecule has 0 aromatic heterocycles. The molecule has 3 amide bonds. The molecule has 2 aromatic rings. The molecule has 250 valence electrons. The number of rotatable bonds is 15. The van der Waals surface area contributed by atoms with Crippen LogP contribution < -0.4 is 19.7 Å². The van der Waals surface area contributed by atoms with E-state index in [1.54, 1.807) is 37.3 Å². The van der Waals surface area contributed by atoms with Crippen LogP contribution in [0.2, 0.25) is 0 Å². The molecule has 11 nitrogen and oxygen atoms in total. The number of nitrogens with one attached hydrogen (secondary N) is 1. The van der Waals surface area contributed by atoms with Gasteiger partial charge in [0.1, 0.15) is 6.10 Å². The summed E-state index contributed by atoms with van der Waals surface area (Å²) in [5.74, 6) is 1.31. The second-order valence-electron chi connectivity index (χ2n) is 12.7. The molecule has 2 heterocycles. The Morgan fingerprint density at radius 2 is 1.72 bits per heavy atom. The van der Waals surface area contributed by atoms with Gasteiger partial charge in [0.2, 0.25) is 5.91 Å². The Morgan fingerprint density at radius 3 is 2.39 bits per heavy atom. The Labute approximate surface area is 272 Å². The summed E-state index contributed by atoms with van der Waals surface area (Å²) in [4.78, 5) is 45.5. The van der Waals surface area contributed by atoms with Crippen molar-refractivity contribution in [3.05, 3.63) is 54.1 Å². The minimum Gasteiger partial charge on any atom is -0.493 e. The van der Waals surface area contributed by atoms with Gasteiger partial charge in [0.05, 0.1) is 26.7 Å². The van der Waals surface area contributed by atoms with Crippen molar-refractivity contribution in [3.63, 3.8) is 0 Å². The highest BCUT2D eigenvalue weighted by Gasteiger charge is 2.41. The van der Waals surface area contributed by atoms with Crippen LogP contribution in [0.1, 0.15) is 49.9 Å². The zero-order chi connectivity index (χ0) is 32.6. The van der Waals surface area contributed by atoms with Crippen LogP contribution in [0.5, 0.6) is 11.5 Å². The fraction of sp³-hybridized carbons (Fsp3) is 0.571. The van der Waals surface area contributed by atoms with Crippen molar-refractivity contribution in [2.75, 3.05) is 65.1 Å². The van der Waals surface area contributed by atoms with E-state index in [1.807, 2.05) is 54.0 Å². The zero-order valence-electron chi connectivity index (χ0n) is 27.5. The van der Waals surface area contributed by atoms with E-state index in [-0.39, 0.29) is 48.2 Å². The number of ether oxygens (including phenoxy) is 4. The monoisotopic (exact) mass is 636 g/mol. The Bertz CT molecular complexity index is 1340. The summed E-state index contributed by atoms with van der Waals surface area (Å²) >= 11 is 0. The summed E-state index contributed by atoms with van der Waals surface area (Å²) in [7, 11) is 3.24. The normalized spacial score (nSPS) is 21.0. The van der Waals surface area contributed by atoms with E-state index in [4.69, 9.17) is 18.9 Å². The van der Waals surface area contributed by atoms with Crippen molar-refractivity contribution < 1.29 is 33.3 Å². The van der Waals surface area contributed by atoms with E-state index >= 15 is 0 Å². The molecule has 3 fully saturated rings. The Kier molecular flexibility index (Phi) is 11.4. The molecule has 1 aliphatic carbocycles. The van der Waals surface area contributed by atoms with E-state index in [0.717, 1.165) is 38.0 Å². The summed E-state index contributed by atoms with van der Waals surface area (Å²) in [5, 5.41) is 3.49. The summed E-state index contributed by atoms with van der Waals surface area (Å²) in [6.07, 6.45) is 1.97. The predicted octanol–water partition coefficient (Wildman–Crippen LogP) is 4.20. The quantitative estimate of drug-likeness (QED) is 0.290. The number of nitrogens with zero attached hydrogens (tertiary/aromatic N) is 3. The van der Waals surface area contributed by atoms with Crippen LogP contribution in [-0.2, 0) is 14.3 Å². The lowest BCUT2D eigenvalue weighted by Gasteiger charge is -2.33. The van der Waals surface area contributed by atoms with Gasteiger partial charge in [-0.3, -0.25) is 9.59 Å². The maximum atomic E-state index is 13.9. The molecule has 5 rings (SSSR count). The molecule has 1 unspecified atom stereocenters. The third-order valence-electron chi connectivity index (χ3n) is 9.03. The first kappa shape index (κ1) is 33.5. The SMILES string of the molecule is COCCCOc1cc(C(=O)N(C[C@@H]2CNC[C@H]2CN(C(=O)OC2CC(=O)N(c3ccccc3)C2)C2CC2)C(C)C)ccc1OC. The average Bonchev–Trinajstić information content (AvgIpc) is 3.69. The number of hydrogen-bond acceptors (Lipinski definition) is 8. The van der Waals surface area contributed by atoms with E-state index < -0.39 is 6.10 Å². The molecule has 0 radical (unpaired) electrons. The van der Waals surface area contributed by atoms with Crippen molar-refractivity contribution in [1.82, 2.24) is 15.1 Å². The number of carbonyl (C=O) groups is 3. The van der Waals surface area contributed by atoms with Crippen LogP contribution in [0.3, 0.4) is 0 Å². The molecule has 0 spiro atoms. The lowest BCUT2D eigenvalue weighted by Crippen LogP contribution is -2.45. The number of anilines is 1. The van der Waals surface area contributed by atoms with Crippen molar-refractivity contribution >= 4 is 23.6 Å². The first-order valence-corrected chi connectivity index (χ1v) is 16.4. The lowest BCUT2D eigenvalue weighted by molar-refractivity contribution is -0.117. The molecule has 11 heteroatoms. The van der Waals surface area contributed by atoms with E-state index in [1.165, 1.54) is 0 Å². The number of para-hydroxylation sites is 1. The van der Waals surface area contributed by atoms with Gasteiger partial charge in [-0.25, -0.2) is 4.79 Å². The number of hydrogen-bond donors (Lipinski definition) is 1. The highest BCUT2D eigenvalue weighted by atomic mass is 16.6. The molecule has 0 bridgehead atoms. The van der Waals surface area contributed by atoms with Crippen LogP contribution in [0.4, 0.5) is 10.5 Å². The van der Waals surface area contributed by atoms with Gasteiger partial charge in [-0.05, 0) is 68.9 Å². The number of carbonyl (C=O) groups excluding carboxylic acids is 3. The zero-order valence-corrected chi connectivity index (χ0v) is 27.5. The van der Waals surface area contributed by atoms with Crippen molar-refractivity contribution in [2.24, 2.45) is 11.8 Å². The van der Waals surface area contributed by atoms with Gasteiger partial charge < -0.3 is 39.0 Å². The highest BCUT2D eigenvalue weighted by molar-refractivity contribution is 5.96. The standard InChI is InChI=1S/C35H48N4O7/c1-24(2)37(34(41)25-11-14-31(44-4)32(17-25)45-16-8-15-43-3)21-26-19-36-20-27(26)22-39(29-12-13-29)35(42)46-30-18-33(40)38(23-30)28-9-6-5-7-10-28/h5-7,9-11,14,17,24,26-27,29-30,36H,8,12-13,15-16,18-23H2,1-4H3/t26-,27-,30?/m0/s1.